The molecule has 1 atom stereocenters. The summed E-state index contributed by atoms with van der Waals surface area (Å²) in [4.78, 5) is 26.4. The molecule has 1 unspecified atom stereocenters. The fraction of sp³-hybridized carbons (Fsp3) is 0.152. The van der Waals surface area contributed by atoms with Gasteiger partial charge in [-0.25, -0.2) is 9.59 Å². The summed E-state index contributed by atoms with van der Waals surface area (Å²) in [6, 6.07) is 26.7. The monoisotopic (exact) mass is 535 g/mol. The number of esters is 2. The third-order valence-electron chi connectivity index (χ3n) is 6.89. The van der Waals surface area contributed by atoms with E-state index in [-0.39, 0.29) is 17.4 Å². The van der Waals surface area contributed by atoms with Gasteiger partial charge in [0.2, 0.25) is 0 Å². The second-order valence-electron chi connectivity index (χ2n) is 9.27. The molecule has 7 heteroatoms. The minimum absolute atomic E-state index is 0.00164. The fourth-order valence-corrected chi connectivity index (χ4v) is 4.77. The average Bonchev–Trinajstić information content (AvgIpc) is 3.01. The summed E-state index contributed by atoms with van der Waals surface area (Å²) in [5.74, 6) is 0.399. The van der Waals surface area contributed by atoms with E-state index in [9.17, 15) is 9.59 Å². The van der Waals surface area contributed by atoms with Crippen molar-refractivity contribution in [3.8, 4) is 23.0 Å². The van der Waals surface area contributed by atoms with Gasteiger partial charge in [-0.1, -0.05) is 42.5 Å². The van der Waals surface area contributed by atoms with Crippen molar-refractivity contribution in [2.45, 2.75) is 12.3 Å². The van der Waals surface area contributed by atoms with Crippen molar-refractivity contribution in [1.82, 2.24) is 0 Å². The van der Waals surface area contributed by atoms with Crippen molar-refractivity contribution in [1.29, 1.82) is 0 Å². The molecule has 4 aromatic rings. The van der Waals surface area contributed by atoms with Gasteiger partial charge < -0.3 is 24.7 Å². The molecule has 0 heterocycles. The molecular formula is C33H29NO6. The second kappa shape index (κ2) is 11.9. The van der Waals surface area contributed by atoms with Crippen LogP contribution in [0.3, 0.4) is 0 Å². The van der Waals surface area contributed by atoms with Crippen molar-refractivity contribution in [2.24, 2.45) is 5.73 Å². The van der Waals surface area contributed by atoms with Gasteiger partial charge in [-0.15, -0.1) is 0 Å². The van der Waals surface area contributed by atoms with Gasteiger partial charge in [-0.3, -0.25) is 0 Å². The zero-order chi connectivity index (χ0) is 28.1. The van der Waals surface area contributed by atoms with E-state index in [1.807, 2.05) is 24.3 Å². The van der Waals surface area contributed by atoms with Gasteiger partial charge in [0.15, 0.2) is 11.5 Å². The molecular weight excluding hydrogens is 506 g/mol. The minimum Gasteiger partial charge on any atom is -0.497 e. The molecule has 0 radical (unpaired) electrons. The van der Waals surface area contributed by atoms with Crippen LogP contribution in [-0.2, 0) is 6.42 Å². The first-order valence-corrected chi connectivity index (χ1v) is 12.8. The van der Waals surface area contributed by atoms with Crippen molar-refractivity contribution in [3.63, 3.8) is 0 Å². The Labute approximate surface area is 232 Å². The Morgan fingerprint density at radius 3 is 1.88 bits per heavy atom. The number of fused-ring (bicyclic) bond motifs is 1. The third kappa shape index (κ3) is 5.60. The van der Waals surface area contributed by atoms with Crippen LogP contribution >= 0.6 is 0 Å². The van der Waals surface area contributed by atoms with E-state index < -0.39 is 11.9 Å². The Morgan fingerprint density at radius 1 is 0.750 bits per heavy atom. The Bertz CT molecular complexity index is 1540. The molecule has 5 rings (SSSR count). The van der Waals surface area contributed by atoms with Crippen LogP contribution in [0, 0.1) is 0 Å². The quantitative estimate of drug-likeness (QED) is 0.224. The highest BCUT2D eigenvalue weighted by Crippen LogP contribution is 2.44. The largest absolute Gasteiger partial charge is 0.497 e. The SMILES string of the molecule is COc1ccc(C(=O)Oc2ccc3c(c2OC(=O)c2ccc(OC)cc2)CC(c2ccccc2)C=C3CN)cc1. The Morgan fingerprint density at radius 2 is 1.32 bits per heavy atom. The molecule has 7 nitrogen and oxygen atoms in total. The molecule has 0 aromatic heterocycles. The maximum absolute atomic E-state index is 13.3. The van der Waals surface area contributed by atoms with Gasteiger partial charge in [0.05, 0.1) is 25.3 Å². The van der Waals surface area contributed by atoms with Crippen LogP contribution in [-0.4, -0.2) is 32.7 Å². The van der Waals surface area contributed by atoms with E-state index in [2.05, 4.69) is 18.2 Å². The van der Waals surface area contributed by atoms with E-state index in [1.54, 1.807) is 68.8 Å². The number of nitrogens with two attached hydrogens (primary N) is 1. The van der Waals surface area contributed by atoms with Gasteiger partial charge in [-0.2, -0.15) is 0 Å². The number of allylic oxidation sites excluding steroid dienone is 1. The van der Waals surface area contributed by atoms with Gasteiger partial charge in [0.25, 0.3) is 0 Å². The fourth-order valence-electron chi connectivity index (χ4n) is 4.77. The van der Waals surface area contributed by atoms with Crippen molar-refractivity contribution >= 4 is 17.5 Å². The molecule has 0 spiro atoms. The van der Waals surface area contributed by atoms with Gasteiger partial charge in [0, 0.05) is 18.0 Å². The van der Waals surface area contributed by atoms with Crippen LogP contribution in [0.2, 0.25) is 0 Å². The normalized spacial score (nSPS) is 14.0. The summed E-state index contributed by atoms with van der Waals surface area (Å²) in [6.07, 6.45) is 2.68. The van der Waals surface area contributed by atoms with Crippen molar-refractivity contribution < 1.29 is 28.5 Å². The molecule has 40 heavy (non-hydrogen) atoms. The number of carbonyl (C=O) groups is 2. The molecule has 1 aliphatic rings. The number of hydrogen-bond donors (Lipinski definition) is 1. The lowest BCUT2D eigenvalue weighted by Gasteiger charge is -2.27. The molecule has 0 amide bonds. The predicted molar refractivity (Wildman–Crippen MR) is 152 cm³/mol. The minimum atomic E-state index is -0.589. The van der Waals surface area contributed by atoms with Gasteiger partial charge in [-0.05, 0) is 77.7 Å². The molecule has 0 bridgehead atoms. The topological polar surface area (TPSA) is 97.1 Å². The average molecular weight is 536 g/mol. The van der Waals surface area contributed by atoms with Crippen LogP contribution in [0.5, 0.6) is 23.0 Å². The van der Waals surface area contributed by atoms with E-state index in [4.69, 9.17) is 24.7 Å². The molecule has 202 valence electrons. The Kier molecular flexibility index (Phi) is 7.94. The first-order valence-electron chi connectivity index (χ1n) is 12.8. The highest BCUT2D eigenvalue weighted by atomic mass is 16.6. The molecule has 1 aliphatic carbocycles. The number of hydrogen-bond acceptors (Lipinski definition) is 7. The van der Waals surface area contributed by atoms with E-state index in [1.165, 1.54) is 0 Å². The third-order valence-corrected chi connectivity index (χ3v) is 6.89. The first kappa shape index (κ1) is 26.7. The van der Waals surface area contributed by atoms with Crippen LogP contribution in [0.25, 0.3) is 5.57 Å². The maximum Gasteiger partial charge on any atom is 0.343 e. The standard InChI is InChI=1S/C33H29NO6/c1-37-26-12-8-22(9-13-26)32(35)39-30-17-16-28-25(20-34)18-24(21-6-4-3-5-7-21)19-29(28)31(30)40-33(36)23-10-14-27(38-2)15-11-23/h3-18,24H,19-20,34H2,1-2H3. The van der Waals surface area contributed by atoms with Crippen LogP contribution in [0.4, 0.5) is 0 Å². The summed E-state index contributed by atoms with van der Waals surface area (Å²) in [6.45, 7) is 0.299. The molecule has 4 aromatic carbocycles. The summed E-state index contributed by atoms with van der Waals surface area (Å²) in [5.41, 5.74) is 10.5. The summed E-state index contributed by atoms with van der Waals surface area (Å²) < 4.78 is 22.2. The number of rotatable bonds is 8. The lowest BCUT2D eigenvalue weighted by molar-refractivity contribution is 0.0680. The van der Waals surface area contributed by atoms with Crippen LogP contribution in [0.1, 0.15) is 43.3 Å². The Balaban J connectivity index is 1.56. The van der Waals surface area contributed by atoms with Gasteiger partial charge >= 0.3 is 11.9 Å². The molecule has 0 fully saturated rings. The zero-order valence-electron chi connectivity index (χ0n) is 22.3. The number of methoxy groups -OCH3 is 2. The first-order chi connectivity index (χ1) is 19.5. The summed E-state index contributed by atoms with van der Waals surface area (Å²) >= 11 is 0. The van der Waals surface area contributed by atoms with Crippen LogP contribution < -0.4 is 24.7 Å². The number of ether oxygens (including phenoxy) is 4. The summed E-state index contributed by atoms with van der Waals surface area (Å²) in [5, 5.41) is 0. The predicted octanol–water partition coefficient (Wildman–Crippen LogP) is 5.82. The smallest absolute Gasteiger partial charge is 0.343 e. The molecule has 0 saturated carbocycles. The van der Waals surface area contributed by atoms with E-state index in [0.717, 1.165) is 22.3 Å². The van der Waals surface area contributed by atoms with E-state index >= 15 is 0 Å². The van der Waals surface area contributed by atoms with E-state index in [0.29, 0.717) is 35.6 Å². The second-order valence-corrected chi connectivity index (χ2v) is 9.27. The van der Waals surface area contributed by atoms with Crippen molar-refractivity contribution in [2.75, 3.05) is 20.8 Å². The number of benzene rings is 4. The van der Waals surface area contributed by atoms with Crippen molar-refractivity contribution in [3.05, 3.63) is 125 Å². The highest BCUT2D eigenvalue weighted by molar-refractivity contribution is 5.94. The molecule has 0 aliphatic heterocycles. The lowest BCUT2D eigenvalue weighted by Crippen LogP contribution is -2.19. The highest BCUT2D eigenvalue weighted by Gasteiger charge is 2.28. The van der Waals surface area contributed by atoms with Crippen LogP contribution in [0.15, 0.2) is 97.1 Å². The number of carbonyl (C=O) groups excluding carboxylic acids is 2. The molecule has 0 saturated heterocycles. The lowest BCUT2D eigenvalue weighted by atomic mass is 9.80. The zero-order valence-corrected chi connectivity index (χ0v) is 22.3. The molecule has 2 N–H and O–H groups in total. The van der Waals surface area contributed by atoms with Gasteiger partial charge in [0.1, 0.15) is 11.5 Å². The Hall–Kier alpha value is -4.88. The summed E-state index contributed by atoms with van der Waals surface area (Å²) in [7, 11) is 3.11. The maximum atomic E-state index is 13.3.